The van der Waals surface area contributed by atoms with Gasteiger partial charge in [0, 0.05) is 5.56 Å². The molecule has 0 spiro atoms. The zero-order chi connectivity index (χ0) is 10.1. The number of rotatable bonds is 1. The van der Waals surface area contributed by atoms with E-state index in [1.54, 1.807) is 12.1 Å². The van der Waals surface area contributed by atoms with Gasteiger partial charge in [0.15, 0.2) is 0 Å². The summed E-state index contributed by atoms with van der Waals surface area (Å²) < 4.78 is 18.0. The number of benzene rings is 1. The maximum absolute atomic E-state index is 13.1. The second kappa shape index (κ2) is 3.67. The molecule has 0 saturated carbocycles. The highest BCUT2D eigenvalue weighted by Gasteiger charge is 2.08. The van der Waals surface area contributed by atoms with Gasteiger partial charge in [0.05, 0.1) is 4.47 Å². The molecular weight excluding hydrogens is 274 g/mol. The molecule has 2 aromatic rings. The van der Waals surface area contributed by atoms with E-state index in [2.05, 4.69) is 30.6 Å². The third kappa shape index (κ3) is 1.78. The number of nitrogens with zero attached hydrogens (tertiary/aromatic N) is 2. The summed E-state index contributed by atoms with van der Waals surface area (Å²) in [5.74, 6) is -0.121. The van der Waals surface area contributed by atoms with Gasteiger partial charge in [0.1, 0.15) is 5.82 Å². The van der Waals surface area contributed by atoms with Crippen molar-refractivity contribution in [1.29, 1.82) is 0 Å². The highest BCUT2D eigenvalue weighted by molar-refractivity contribution is 9.10. The summed E-state index contributed by atoms with van der Waals surface area (Å²) in [6.45, 7) is 0. The zero-order valence-electron chi connectivity index (χ0n) is 6.67. The van der Waals surface area contributed by atoms with Crippen LogP contribution >= 0.6 is 27.5 Å². The first kappa shape index (κ1) is 9.61. The van der Waals surface area contributed by atoms with Crippen molar-refractivity contribution in [2.45, 2.75) is 0 Å². The number of aromatic nitrogens is 2. The average Bonchev–Trinajstić information content (AvgIpc) is 2.57. The second-order valence-electron chi connectivity index (χ2n) is 2.50. The molecule has 1 heterocycles. The fourth-order valence-corrected chi connectivity index (χ4v) is 1.32. The average molecular weight is 277 g/mol. The van der Waals surface area contributed by atoms with Crippen molar-refractivity contribution in [3.8, 4) is 11.4 Å². The highest BCUT2D eigenvalue weighted by atomic mass is 79.9. The van der Waals surface area contributed by atoms with Gasteiger partial charge in [-0.05, 0) is 45.7 Å². The Kier molecular flexibility index (Phi) is 2.52. The topological polar surface area (TPSA) is 38.9 Å². The standard InChI is InChI=1S/C8H3BrClFN2O/c9-5-2-1-4(3-6(5)11)7-12-8(10)14-13-7/h1-3H. The van der Waals surface area contributed by atoms with Crippen LogP contribution in [0.1, 0.15) is 0 Å². The van der Waals surface area contributed by atoms with Crippen LogP contribution in [0.15, 0.2) is 27.2 Å². The summed E-state index contributed by atoms with van der Waals surface area (Å²) in [5.41, 5.74) is 0.515. The van der Waals surface area contributed by atoms with Gasteiger partial charge >= 0.3 is 5.35 Å². The minimum Gasteiger partial charge on any atom is -0.321 e. The van der Waals surface area contributed by atoms with E-state index in [0.29, 0.717) is 10.0 Å². The molecule has 6 heteroatoms. The van der Waals surface area contributed by atoms with Crippen LogP contribution in [0, 0.1) is 5.82 Å². The van der Waals surface area contributed by atoms with Crippen molar-refractivity contribution < 1.29 is 8.91 Å². The third-order valence-electron chi connectivity index (χ3n) is 1.58. The third-order valence-corrected chi connectivity index (χ3v) is 2.38. The van der Waals surface area contributed by atoms with Crippen LogP contribution < -0.4 is 0 Å². The van der Waals surface area contributed by atoms with E-state index in [0.717, 1.165) is 0 Å². The largest absolute Gasteiger partial charge is 0.321 e. The number of hydrogen-bond donors (Lipinski definition) is 0. The minimum atomic E-state index is -0.386. The molecule has 0 saturated heterocycles. The van der Waals surface area contributed by atoms with Gasteiger partial charge in [-0.15, -0.1) is 0 Å². The van der Waals surface area contributed by atoms with Crippen LogP contribution in [-0.2, 0) is 0 Å². The fourth-order valence-electron chi connectivity index (χ4n) is 0.957. The Morgan fingerprint density at radius 3 is 2.79 bits per heavy atom. The lowest BCUT2D eigenvalue weighted by Gasteiger charge is -1.96. The van der Waals surface area contributed by atoms with Crippen molar-refractivity contribution in [3.63, 3.8) is 0 Å². The monoisotopic (exact) mass is 276 g/mol. The Hall–Kier alpha value is -0.940. The van der Waals surface area contributed by atoms with Crippen LogP contribution in [0.5, 0.6) is 0 Å². The van der Waals surface area contributed by atoms with E-state index in [9.17, 15) is 4.39 Å². The molecule has 3 nitrogen and oxygen atoms in total. The first-order valence-corrected chi connectivity index (χ1v) is 4.78. The van der Waals surface area contributed by atoms with Gasteiger partial charge < -0.3 is 4.52 Å². The lowest BCUT2D eigenvalue weighted by Crippen LogP contribution is -1.83. The number of hydrogen-bond acceptors (Lipinski definition) is 3. The number of halogens is 3. The van der Waals surface area contributed by atoms with Gasteiger partial charge in [-0.1, -0.05) is 5.16 Å². The van der Waals surface area contributed by atoms with Gasteiger partial charge in [-0.2, -0.15) is 4.98 Å². The lowest BCUT2D eigenvalue weighted by molar-refractivity contribution is 0.421. The normalized spacial score (nSPS) is 10.5. The second-order valence-corrected chi connectivity index (χ2v) is 3.68. The zero-order valence-corrected chi connectivity index (χ0v) is 9.01. The first-order valence-electron chi connectivity index (χ1n) is 3.61. The molecule has 2 rings (SSSR count). The van der Waals surface area contributed by atoms with E-state index in [4.69, 9.17) is 11.6 Å². The summed E-state index contributed by atoms with van der Waals surface area (Å²) in [4.78, 5) is 3.76. The summed E-state index contributed by atoms with van der Waals surface area (Å²) >= 11 is 8.48. The molecule has 0 fully saturated rings. The van der Waals surface area contributed by atoms with E-state index >= 15 is 0 Å². The van der Waals surface area contributed by atoms with Gasteiger partial charge in [-0.3, -0.25) is 0 Å². The molecule has 0 unspecified atom stereocenters. The van der Waals surface area contributed by atoms with Crippen molar-refractivity contribution in [2.75, 3.05) is 0 Å². The molecule has 0 aliphatic heterocycles. The van der Waals surface area contributed by atoms with Gasteiger partial charge in [-0.25, -0.2) is 4.39 Å². The SMILES string of the molecule is Fc1cc(-c2noc(Cl)n2)ccc1Br. The molecule has 0 bridgehead atoms. The van der Waals surface area contributed by atoms with Crippen LogP contribution in [-0.4, -0.2) is 10.1 Å². The summed E-state index contributed by atoms with van der Waals surface area (Å²) in [5, 5.41) is 3.49. The molecule has 0 aliphatic rings. The smallest absolute Gasteiger partial charge is 0.320 e. The highest BCUT2D eigenvalue weighted by Crippen LogP contribution is 2.23. The molecule has 0 radical (unpaired) electrons. The van der Waals surface area contributed by atoms with Gasteiger partial charge in [0.2, 0.25) is 5.82 Å². The predicted octanol–water partition coefficient (Wildman–Crippen LogP) is 3.29. The van der Waals surface area contributed by atoms with Crippen molar-refractivity contribution in [3.05, 3.63) is 33.8 Å². The van der Waals surface area contributed by atoms with Crippen LogP contribution in [0.3, 0.4) is 0 Å². The Balaban J connectivity index is 2.47. The van der Waals surface area contributed by atoms with Crippen molar-refractivity contribution in [1.82, 2.24) is 10.1 Å². The molecule has 0 amide bonds. The summed E-state index contributed by atoms with van der Waals surface area (Å²) in [6, 6.07) is 4.52. The quantitative estimate of drug-likeness (QED) is 0.803. The van der Waals surface area contributed by atoms with Crippen LogP contribution in [0.2, 0.25) is 5.35 Å². The minimum absolute atomic E-state index is 0.0664. The fraction of sp³-hybridized carbons (Fsp3) is 0. The first-order chi connectivity index (χ1) is 6.66. The molecule has 1 aromatic heterocycles. The maximum Gasteiger partial charge on any atom is 0.320 e. The Bertz CT molecular complexity index is 474. The van der Waals surface area contributed by atoms with Crippen molar-refractivity contribution >= 4 is 27.5 Å². The van der Waals surface area contributed by atoms with Gasteiger partial charge in [0.25, 0.3) is 0 Å². The molecular formula is C8H3BrClFN2O. The van der Waals surface area contributed by atoms with Crippen LogP contribution in [0.25, 0.3) is 11.4 Å². The summed E-state index contributed by atoms with van der Waals surface area (Å²) in [7, 11) is 0. The van der Waals surface area contributed by atoms with Crippen molar-refractivity contribution in [2.24, 2.45) is 0 Å². The van der Waals surface area contributed by atoms with E-state index < -0.39 is 0 Å². The van der Waals surface area contributed by atoms with E-state index in [-0.39, 0.29) is 17.0 Å². The lowest BCUT2D eigenvalue weighted by atomic mass is 10.2. The Morgan fingerprint density at radius 1 is 1.43 bits per heavy atom. The van der Waals surface area contributed by atoms with E-state index in [1.165, 1.54) is 6.07 Å². The maximum atomic E-state index is 13.1. The Labute approximate surface area is 92.0 Å². The molecule has 0 aliphatic carbocycles. The van der Waals surface area contributed by atoms with E-state index in [1.807, 2.05) is 0 Å². The molecule has 1 aromatic carbocycles. The molecule has 0 N–H and O–H groups in total. The molecule has 14 heavy (non-hydrogen) atoms. The Morgan fingerprint density at radius 2 is 2.21 bits per heavy atom. The molecule has 0 atom stereocenters. The molecule has 72 valence electrons. The summed E-state index contributed by atoms with van der Waals surface area (Å²) in [6.07, 6.45) is 0. The predicted molar refractivity (Wildman–Crippen MR) is 52.4 cm³/mol. The van der Waals surface area contributed by atoms with Crippen LogP contribution in [0.4, 0.5) is 4.39 Å².